The van der Waals surface area contributed by atoms with E-state index in [2.05, 4.69) is 4.98 Å². The second-order valence-electron chi connectivity index (χ2n) is 3.16. The topological polar surface area (TPSA) is 36.1 Å². The third kappa shape index (κ3) is 1.36. The Morgan fingerprint density at radius 3 is 2.21 bits per heavy atom. The zero-order valence-corrected chi connectivity index (χ0v) is 7.06. The quantitative estimate of drug-likeness (QED) is 0.681. The van der Waals surface area contributed by atoms with Crippen LogP contribution in [0.4, 0.5) is 13.2 Å². The fourth-order valence-corrected chi connectivity index (χ4v) is 1.51. The summed E-state index contributed by atoms with van der Waals surface area (Å²) >= 11 is 0. The van der Waals surface area contributed by atoms with Gasteiger partial charge in [-0.3, -0.25) is 4.79 Å². The van der Waals surface area contributed by atoms with E-state index in [0.717, 1.165) is 16.0 Å². The lowest BCUT2D eigenvalue weighted by Crippen LogP contribution is -2.37. The number of aromatic nitrogens is 1. The fraction of sp³-hybridized carbons (Fsp3) is 0.375. The molecule has 14 heavy (non-hydrogen) atoms. The van der Waals surface area contributed by atoms with Crippen LogP contribution in [0.5, 0.6) is 0 Å². The summed E-state index contributed by atoms with van der Waals surface area (Å²) in [5, 5.41) is 0. The molecule has 2 heterocycles. The first-order chi connectivity index (χ1) is 6.48. The highest BCUT2D eigenvalue weighted by Crippen LogP contribution is 2.27. The lowest BCUT2D eigenvalue weighted by molar-refractivity contribution is -0.186. The number of fused-ring (bicyclic) bond motifs is 1. The highest BCUT2D eigenvalue weighted by molar-refractivity contribution is 5.82. The van der Waals surface area contributed by atoms with Gasteiger partial charge in [0, 0.05) is 25.5 Å². The number of H-pyrrole nitrogens is 1. The summed E-state index contributed by atoms with van der Waals surface area (Å²) in [6, 6.07) is 0. The van der Waals surface area contributed by atoms with Crippen LogP contribution in [0.15, 0.2) is 12.4 Å². The Kier molecular flexibility index (Phi) is 1.80. The zero-order valence-electron chi connectivity index (χ0n) is 7.06. The highest BCUT2D eigenvalue weighted by Gasteiger charge is 2.44. The Hall–Kier alpha value is -1.46. The van der Waals surface area contributed by atoms with E-state index in [4.69, 9.17) is 0 Å². The van der Waals surface area contributed by atoms with Crippen LogP contribution in [0.25, 0.3) is 0 Å². The van der Waals surface area contributed by atoms with Crippen molar-refractivity contribution in [2.45, 2.75) is 19.3 Å². The molecule has 6 heteroatoms. The van der Waals surface area contributed by atoms with Crippen LogP contribution >= 0.6 is 0 Å². The van der Waals surface area contributed by atoms with E-state index < -0.39 is 12.1 Å². The van der Waals surface area contributed by atoms with Crippen LogP contribution in [0.1, 0.15) is 11.1 Å². The van der Waals surface area contributed by atoms with Crippen molar-refractivity contribution in [3.8, 4) is 0 Å². The summed E-state index contributed by atoms with van der Waals surface area (Å²) in [6.07, 6.45) is -1.55. The van der Waals surface area contributed by atoms with Gasteiger partial charge in [0.15, 0.2) is 0 Å². The third-order valence-corrected chi connectivity index (χ3v) is 2.18. The normalized spacial score (nSPS) is 15.8. The first-order valence-corrected chi connectivity index (χ1v) is 3.99. The van der Waals surface area contributed by atoms with Gasteiger partial charge < -0.3 is 9.88 Å². The van der Waals surface area contributed by atoms with Crippen LogP contribution < -0.4 is 0 Å². The lowest BCUT2D eigenvalue weighted by atomic mass is 10.2. The molecule has 0 unspecified atom stereocenters. The molecule has 0 atom stereocenters. The molecule has 1 aliphatic heterocycles. The standard InChI is InChI=1S/C8H7F3N2O/c9-8(10,11)7(14)13-3-5-1-12-2-6(5)4-13/h1-2,12H,3-4H2. The van der Waals surface area contributed by atoms with Gasteiger partial charge in [-0.1, -0.05) is 0 Å². The maximum atomic E-state index is 12.0. The predicted octanol–water partition coefficient (Wildman–Crippen LogP) is 1.42. The number of nitrogens with zero attached hydrogens (tertiary/aromatic N) is 1. The van der Waals surface area contributed by atoms with Crippen molar-refractivity contribution in [2.24, 2.45) is 0 Å². The van der Waals surface area contributed by atoms with Gasteiger partial charge in [-0.05, 0) is 11.1 Å². The van der Waals surface area contributed by atoms with Gasteiger partial charge in [-0.2, -0.15) is 13.2 Å². The largest absolute Gasteiger partial charge is 0.471 e. The zero-order chi connectivity index (χ0) is 10.3. The average Bonchev–Trinajstić information content (AvgIpc) is 2.58. The monoisotopic (exact) mass is 204 g/mol. The molecule has 0 bridgehead atoms. The molecule has 0 radical (unpaired) electrons. The van der Waals surface area contributed by atoms with Gasteiger partial charge in [0.2, 0.25) is 0 Å². The molecule has 0 aliphatic carbocycles. The van der Waals surface area contributed by atoms with Crippen LogP contribution in [0, 0.1) is 0 Å². The number of carbonyl (C=O) groups is 1. The smallest absolute Gasteiger partial charge is 0.367 e. The maximum Gasteiger partial charge on any atom is 0.471 e. The molecule has 0 aromatic carbocycles. The number of amides is 1. The van der Waals surface area contributed by atoms with E-state index >= 15 is 0 Å². The Morgan fingerprint density at radius 1 is 1.29 bits per heavy atom. The molecular formula is C8H7F3N2O. The molecule has 1 aromatic heterocycles. The molecule has 1 aliphatic rings. The second kappa shape index (κ2) is 2.76. The molecule has 0 fully saturated rings. The van der Waals surface area contributed by atoms with Crippen LogP contribution in [-0.4, -0.2) is 22.0 Å². The first-order valence-electron chi connectivity index (χ1n) is 3.99. The van der Waals surface area contributed by atoms with Crippen molar-refractivity contribution in [3.63, 3.8) is 0 Å². The molecule has 1 amide bonds. The summed E-state index contributed by atoms with van der Waals surface area (Å²) in [5.74, 6) is -1.77. The van der Waals surface area contributed by atoms with Crippen molar-refractivity contribution in [3.05, 3.63) is 23.5 Å². The Morgan fingerprint density at radius 2 is 1.79 bits per heavy atom. The minimum Gasteiger partial charge on any atom is -0.367 e. The molecular weight excluding hydrogens is 197 g/mol. The average molecular weight is 204 g/mol. The lowest BCUT2D eigenvalue weighted by Gasteiger charge is -2.16. The molecule has 3 nitrogen and oxygen atoms in total. The number of halogens is 3. The summed E-state index contributed by atoms with van der Waals surface area (Å²) in [6.45, 7) is 0.0777. The Labute approximate surface area is 77.5 Å². The van der Waals surface area contributed by atoms with Crippen molar-refractivity contribution in [2.75, 3.05) is 0 Å². The van der Waals surface area contributed by atoms with E-state index in [9.17, 15) is 18.0 Å². The number of alkyl halides is 3. The highest BCUT2D eigenvalue weighted by atomic mass is 19.4. The van der Waals surface area contributed by atoms with E-state index in [1.807, 2.05) is 0 Å². The second-order valence-corrected chi connectivity index (χ2v) is 3.16. The third-order valence-electron chi connectivity index (χ3n) is 2.18. The number of nitrogens with one attached hydrogen (secondary N) is 1. The Balaban J connectivity index is 2.12. The summed E-state index contributed by atoms with van der Waals surface area (Å²) < 4.78 is 36.1. The molecule has 0 saturated carbocycles. The minimum atomic E-state index is -4.77. The fourth-order valence-electron chi connectivity index (χ4n) is 1.51. The predicted molar refractivity (Wildman–Crippen MR) is 41.1 cm³/mol. The van der Waals surface area contributed by atoms with Gasteiger partial charge in [0.05, 0.1) is 0 Å². The molecule has 2 rings (SSSR count). The van der Waals surface area contributed by atoms with Crippen molar-refractivity contribution < 1.29 is 18.0 Å². The van der Waals surface area contributed by atoms with E-state index in [1.165, 1.54) is 0 Å². The summed E-state index contributed by atoms with van der Waals surface area (Å²) in [7, 11) is 0. The van der Waals surface area contributed by atoms with Crippen molar-refractivity contribution in [1.29, 1.82) is 0 Å². The number of rotatable bonds is 0. The van der Waals surface area contributed by atoms with E-state index in [1.54, 1.807) is 12.4 Å². The molecule has 1 aromatic rings. The first kappa shape index (κ1) is 9.11. The number of aromatic amines is 1. The Bertz CT molecular complexity index is 348. The molecule has 0 spiro atoms. The van der Waals surface area contributed by atoms with Crippen LogP contribution in [-0.2, 0) is 17.9 Å². The van der Waals surface area contributed by atoms with Crippen molar-refractivity contribution >= 4 is 5.91 Å². The molecule has 1 N–H and O–H groups in total. The van der Waals surface area contributed by atoms with Crippen LogP contribution in [0.2, 0.25) is 0 Å². The molecule has 76 valence electrons. The van der Waals surface area contributed by atoms with E-state index in [0.29, 0.717) is 0 Å². The minimum absolute atomic E-state index is 0.0389. The summed E-state index contributed by atoms with van der Waals surface area (Å²) in [5.41, 5.74) is 1.50. The van der Waals surface area contributed by atoms with E-state index in [-0.39, 0.29) is 13.1 Å². The van der Waals surface area contributed by atoms with Gasteiger partial charge in [-0.25, -0.2) is 0 Å². The number of carbonyl (C=O) groups excluding carboxylic acids is 1. The van der Waals surface area contributed by atoms with Crippen molar-refractivity contribution in [1.82, 2.24) is 9.88 Å². The number of hydrogen-bond donors (Lipinski definition) is 1. The van der Waals surface area contributed by atoms with Gasteiger partial charge in [0.25, 0.3) is 0 Å². The number of hydrogen-bond acceptors (Lipinski definition) is 1. The van der Waals surface area contributed by atoms with Gasteiger partial charge >= 0.3 is 12.1 Å². The van der Waals surface area contributed by atoms with Crippen LogP contribution in [0.3, 0.4) is 0 Å². The maximum absolute atomic E-state index is 12.0. The van der Waals surface area contributed by atoms with Gasteiger partial charge in [-0.15, -0.1) is 0 Å². The molecule has 0 saturated heterocycles. The SMILES string of the molecule is O=C(N1Cc2c[nH]cc2C1)C(F)(F)F. The summed E-state index contributed by atoms with van der Waals surface area (Å²) in [4.78, 5) is 14.4. The van der Waals surface area contributed by atoms with Gasteiger partial charge in [0.1, 0.15) is 0 Å².